The highest BCUT2D eigenvalue weighted by Gasteiger charge is 2.09. The lowest BCUT2D eigenvalue weighted by Crippen LogP contribution is -2.13. The monoisotopic (exact) mass is 328 g/mol. The quantitative estimate of drug-likeness (QED) is 0.476. The van der Waals surface area contributed by atoms with E-state index < -0.39 is 0 Å². The second-order valence-corrected chi connectivity index (χ2v) is 6.22. The summed E-state index contributed by atoms with van der Waals surface area (Å²) in [6.45, 7) is 0. The number of benzene rings is 3. The van der Waals surface area contributed by atoms with Crippen LogP contribution in [0.5, 0.6) is 0 Å². The van der Waals surface area contributed by atoms with Crippen molar-refractivity contribution >= 4 is 17.0 Å². The topological polar surface area (TPSA) is 17.3 Å². The molecule has 1 heterocycles. The van der Waals surface area contributed by atoms with E-state index in [1.165, 1.54) is 5.56 Å². The van der Waals surface area contributed by atoms with Gasteiger partial charge in [0, 0.05) is 11.1 Å². The first-order chi connectivity index (χ1) is 11.9. The molecule has 3 heteroatoms. The van der Waals surface area contributed by atoms with Crippen LogP contribution in [0.1, 0.15) is 0 Å². The van der Waals surface area contributed by atoms with Crippen molar-refractivity contribution in [2.24, 2.45) is 4.99 Å². The third-order valence-electron chi connectivity index (χ3n) is 3.77. The van der Waals surface area contributed by atoms with Crippen LogP contribution in [0, 0.1) is 0 Å². The van der Waals surface area contributed by atoms with Gasteiger partial charge in [0.05, 0.1) is 11.4 Å². The van der Waals surface area contributed by atoms with Gasteiger partial charge < -0.3 is 0 Å². The normalized spacial score (nSPS) is 11.6. The van der Waals surface area contributed by atoms with Gasteiger partial charge in [0.1, 0.15) is 0 Å². The maximum absolute atomic E-state index is 4.85. The minimum Gasteiger partial charge on any atom is -0.285 e. The molecule has 2 nitrogen and oxygen atoms in total. The number of hydrogen-bond donors (Lipinski definition) is 0. The molecule has 0 amide bonds. The first-order valence-electron chi connectivity index (χ1n) is 7.83. The van der Waals surface area contributed by atoms with Gasteiger partial charge in [-0.3, -0.25) is 4.57 Å². The Morgan fingerprint density at radius 3 is 1.92 bits per heavy atom. The number of aromatic nitrogens is 1. The Labute approximate surface area is 145 Å². The molecule has 3 aromatic carbocycles. The Morgan fingerprint density at radius 1 is 0.667 bits per heavy atom. The van der Waals surface area contributed by atoms with Gasteiger partial charge in [-0.1, -0.05) is 66.7 Å². The smallest absolute Gasteiger partial charge is 0.195 e. The summed E-state index contributed by atoms with van der Waals surface area (Å²) in [5.41, 5.74) is 4.42. The van der Waals surface area contributed by atoms with Crippen molar-refractivity contribution in [1.82, 2.24) is 4.57 Å². The summed E-state index contributed by atoms with van der Waals surface area (Å²) in [6, 6.07) is 30.9. The molecule has 0 unspecified atom stereocenters. The minimum absolute atomic E-state index is 0.962. The molecule has 116 valence electrons. The van der Waals surface area contributed by atoms with Crippen LogP contribution in [0.3, 0.4) is 0 Å². The predicted octanol–water partition coefficient (Wildman–Crippen LogP) is 5.44. The number of hydrogen-bond acceptors (Lipinski definition) is 2. The first kappa shape index (κ1) is 14.7. The minimum atomic E-state index is 0.962. The summed E-state index contributed by atoms with van der Waals surface area (Å²) in [4.78, 5) is 5.81. The van der Waals surface area contributed by atoms with E-state index >= 15 is 0 Å². The molecule has 24 heavy (non-hydrogen) atoms. The molecule has 4 aromatic rings. The van der Waals surface area contributed by atoms with Crippen LogP contribution in [-0.4, -0.2) is 4.57 Å². The van der Waals surface area contributed by atoms with E-state index in [0.29, 0.717) is 0 Å². The van der Waals surface area contributed by atoms with Crippen LogP contribution in [0.4, 0.5) is 5.69 Å². The van der Waals surface area contributed by atoms with Crippen molar-refractivity contribution in [2.45, 2.75) is 0 Å². The molecule has 0 fully saturated rings. The van der Waals surface area contributed by atoms with Crippen molar-refractivity contribution < 1.29 is 0 Å². The van der Waals surface area contributed by atoms with Crippen molar-refractivity contribution in [3.05, 3.63) is 101 Å². The second kappa shape index (κ2) is 6.69. The van der Waals surface area contributed by atoms with Gasteiger partial charge >= 0.3 is 0 Å². The lowest BCUT2D eigenvalue weighted by Gasteiger charge is -2.09. The second-order valence-electron chi connectivity index (χ2n) is 5.39. The van der Waals surface area contributed by atoms with E-state index in [1.54, 1.807) is 11.3 Å². The van der Waals surface area contributed by atoms with Crippen molar-refractivity contribution in [3.63, 3.8) is 0 Å². The summed E-state index contributed by atoms with van der Waals surface area (Å²) >= 11 is 1.66. The van der Waals surface area contributed by atoms with E-state index in [1.807, 2.05) is 42.5 Å². The Hall–Kier alpha value is -2.91. The van der Waals surface area contributed by atoms with Crippen LogP contribution in [0.2, 0.25) is 0 Å². The highest BCUT2D eigenvalue weighted by Crippen LogP contribution is 2.23. The van der Waals surface area contributed by atoms with Gasteiger partial charge in [0.25, 0.3) is 0 Å². The average Bonchev–Trinajstić information content (AvgIpc) is 3.07. The standard InChI is InChI=1S/C21H16N2S/c1-4-10-17(11-5-1)20-16-24-21(22-18-12-6-2-7-13-18)23(20)19-14-8-3-9-15-19/h1-16H. The lowest BCUT2D eigenvalue weighted by atomic mass is 10.1. The zero-order valence-electron chi connectivity index (χ0n) is 13.0. The molecule has 1 aromatic heterocycles. The number of thiazole rings is 1. The summed E-state index contributed by atoms with van der Waals surface area (Å²) in [6.07, 6.45) is 0. The SMILES string of the molecule is c1ccc(N=c2scc(-c3ccccc3)n2-c2ccccc2)cc1. The number of rotatable bonds is 3. The molecule has 0 saturated carbocycles. The number of para-hydroxylation sites is 2. The Bertz CT molecular complexity index is 984. The van der Waals surface area contributed by atoms with Gasteiger partial charge in [-0.25, -0.2) is 4.99 Å². The molecule has 0 spiro atoms. The van der Waals surface area contributed by atoms with E-state index in [4.69, 9.17) is 4.99 Å². The van der Waals surface area contributed by atoms with Gasteiger partial charge in [-0.15, -0.1) is 11.3 Å². The van der Waals surface area contributed by atoms with Gasteiger partial charge in [-0.05, 0) is 29.8 Å². The number of nitrogens with zero attached hydrogens (tertiary/aromatic N) is 2. The zero-order valence-corrected chi connectivity index (χ0v) is 13.9. The van der Waals surface area contributed by atoms with Gasteiger partial charge in [0.2, 0.25) is 0 Å². The molecule has 0 aliphatic carbocycles. The van der Waals surface area contributed by atoms with Crippen LogP contribution in [-0.2, 0) is 0 Å². The molecule has 0 saturated heterocycles. The summed E-state index contributed by atoms with van der Waals surface area (Å²) < 4.78 is 2.22. The van der Waals surface area contributed by atoms with E-state index in [2.05, 4.69) is 58.5 Å². The van der Waals surface area contributed by atoms with Crippen molar-refractivity contribution in [3.8, 4) is 16.9 Å². The van der Waals surface area contributed by atoms with E-state index in [9.17, 15) is 0 Å². The first-order valence-corrected chi connectivity index (χ1v) is 8.71. The highest BCUT2D eigenvalue weighted by molar-refractivity contribution is 7.07. The average molecular weight is 328 g/mol. The molecule has 0 atom stereocenters. The molecule has 0 radical (unpaired) electrons. The third-order valence-corrected chi connectivity index (χ3v) is 4.60. The summed E-state index contributed by atoms with van der Waals surface area (Å²) in [7, 11) is 0. The van der Waals surface area contributed by atoms with Gasteiger partial charge in [-0.2, -0.15) is 0 Å². The Morgan fingerprint density at radius 2 is 1.25 bits per heavy atom. The zero-order chi connectivity index (χ0) is 16.2. The maximum atomic E-state index is 4.85. The fourth-order valence-electron chi connectivity index (χ4n) is 2.64. The predicted molar refractivity (Wildman–Crippen MR) is 101 cm³/mol. The third kappa shape index (κ3) is 2.94. The molecule has 0 bridgehead atoms. The van der Waals surface area contributed by atoms with Crippen molar-refractivity contribution in [2.75, 3.05) is 0 Å². The summed E-state index contributed by atoms with van der Waals surface area (Å²) in [5.74, 6) is 0. The van der Waals surface area contributed by atoms with Gasteiger partial charge in [0.15, 0.2) is 4.80 Å². The summed E-state index contributed by atoms with van der Waals surface area (Å²) in [5, 5.41) is 2.17. The molecule has 4 rings (SSSR count). The molecule has 0 aliphatic rings. The van der Waals surface area contributed by atoms with Crippen LogP contribution in [0.25, 0.3) is 16.9 Å². The maximum Gasteiger partial charge on any atom is 0.195 e. The molecular weight excluding hydrogens is 312 g/mol. The Kier molecular flexibility index (Phi) is 4.09. The molecule has 0 N–H and O–H groups in total. The Balaban J connectivity index is 1.96. The fourth-order valence-corrected chi connectivity index (χ4v) is 3.56. The van der Waals surface area contributed by atoms with Crippen LogP contribution in [0.15, 0.2) is 101 Å². The highest BCUT2D eigenvalue weighted by atomic mass is 32.1. The van der Waals surface area contributed by atoms with Crippen LogP contribution >= 0.6 is 11.3 Å². The lowest BCUT2D eigenvalue weighted by molar-refractivity contribution is 1.01. The van der Waals surface area contributed by atoms with Crippen LogP contribution < -0.4 is 4.80 Å². The van der Waals surface area contributed by atoms with E-state index in [0.717, 1.165) is 21.9 Å². The molecular formula is C21H16N2S. The fraction of sp³-hybridized carbons (Fsp3) is 0. The van der Waals surface area contributed by atoms with Crippen molar-refractivity contribution in [1.29, 1.82) is 0 Å². The van der Waals surface area contributed by atoms with E-state index in [-0.39, 0.29) is 0 Å². The largest absolute Gasteiger partial charge is 0.285 e. The molecule has 0 aliphatic heterocycles.